The SMILES string of the molecule is CC(C)(O)C#Cc1cnc2c(c1)[C@@]1(COC(N)=N1)c1cc(-c3ccccc3)ccc1O2. The molecule has 2 aliphatic rings. The number of benzene rings is 2. The molecule has 31 heavy (non-hydrogen) atoms. The molecule has 5 rings (SSSR count). The summed E-state index contributed by atoms with van der Waals surface area (Å²) in [6, 6.07) is 18.1. The van der Waals surface area contributed by atoms with Crippen LogP contribution in [0.3, 0.4) is 0 Å². The van der Waals surface area contributed by atoms with Gasteiger partial charge in [-0.15, -0.1) is 0 Å². The predicted molar refractivity (Wildman–Crippen MR) is 118 cm³/mol. The van der Waals surface area contributed by atoms with E-state index in [1.54, 1.807) is 20.0 Å². The molecule has 154 valence electrons. The maximum absolute atomic E-state index is 9.95. The quantitative estimate of drug-likeness (QED) is 0.598. The fourth-order valence-corrected chi connectivity index (χ4v) is 3.83. The van der Waals surface area contributed by atoms with Crippen molar-refractivity contribution in [3.8, 4) is 34.6 Å². The minimum absolute atomic E-state index is 0.122. The average molecular weight is 411 g/mol. The third kappa shape index (κ3) is 3.39. The Bertz CT molecular complexity index is 1270. The number of ether oxygens (including phenoxy) is 2. The number of pyridine rings is 1. The van der Waals surface area contributed by atoms with E-state index in [9.17, 15) is 5.11 Å². The number of hydrogen-bond donors (Lipinski definition) is 2. The molecular weight excluding hydrogens is 390 g/mol. The first-order valence-corrected chi connectivity index (χ1v) is 9.96. The highest BCUT2D eigenvalue weighted by Crippen LogP contribution is 2.51. The van der Waals surface area contributed by atoms with Crippen LogP contribution in [0, 0.1) is 11.8 Å². The first-order valence-electron chi connectivity index (χ1n) is 9.96. The smallest absolute Gasteiger partial charge is 0.283 e. The van der Waals surface area contributed by atoms with Gasteiger partial charge in [0.15, 0.2) is 5.54 Å². The number of rotatable bonds is 1. The minimum atomic E-state index is -1.11. The van der Waals surface area contributed by atoms with Crippen molar-refractivity contribution in [1.82, 2.24) is 4.98 Å². The molecule has 2 aromatic carbocycles. The van der Waals surface area contributed by atoms with Gasteiger partial charge in [0.1, 0.15) is 18.0 Å². The number of aliphatic hydroxyl groups is 1. The van der Waals surface area contributed by atoms with Gasteiger partial charge >= 0.3 is 0 Å². The Morgan fingerprint density at radius 2 is 1.87 bits per heavy atom. The Kier molecular flexibility index (Phi) is 4.24. The van der Waals surface area contributed by atoms with Crippen LogP contribution in [0.25, 0.3) is 11.1 Å². The van der Waals surface area contributed by atoms with E-state index in [1.165, 1.54) is 0 Å². The molecule has 3 N–H and O–H groups in total. The summed E-state index contributed by atoms with van der Waals surface area (Å²) in [6.07, 6.45) is 1.62. The number of hydrogen-bond acceptors (Lipinski definition) is 6. The van der Waals surface area contributed by atoms with Gasteiger partial charge in [-0.3, -0.25) is 0 Å². The molecule has 3 aromatic rings. The third-order valence-electron chi connectivity index (χ3n) is 5.28. The van der Waals surface area contributed by atoms with E-state index < -0.39 is 11.1 Å². The first kappa shape index (κ1) is 19.2. The third-order valence-corrected chi connectivity index (χ3v) is 5.28. The highest BCUT2D eigenvalue weighted by molar-refractivity contribution is 5.77. The second kappa shape index (κ2) is 6.86. The molecule has 0 unspecified atom stereocenters. The Morgan fingerprint density at radius 3 is 2.58 bits per heavy atom. The van der Waals surface area contributed by atoms with Crippen molar-refractivity contribution in [3.05, 3.63) is 77.5 Å². The summed E-state index contributed by atoms with van der Waals surface area (Å²) in [5.74, 6) is 6.89. The molecule has 6 nitrogen and oxygen atoms in total. The Labute approximate surface area is 180 Å². The van der Waals surface area contributed by atoms with E-state index in [1.807, 2.05) is 36.4 Å². The lowest BCUT2D eigenvalue weighted by atomic mass is 9.81. The lowest BCUT2D eigenvalue weighted by Gasteiger charge is -2.33. The molecule has 0 amide bonds. The summed E-state index contributed by atoms with van der Waals surface area (Å²) >= 11 is 0. The van der Waals surface area contributed by atoms with E-state index in [0.29, 0.717) is 17.2 Å². The van der Waals surface area contributed by atoms with Gasteiger partial charge in [0.25, 0.3) is 6.02 Å². The number of amidine groups is 1. The van der Waals surface area contributed by atoms with Crippen LogP contribution in [0.1, 0.15) is 30.5 Å². The molecule has 0 bridgehead atoms. The fourth-order valence-electron chi connectivity index (χ4n) is 3.83. The van der Waals surface area contributed by atoms with Crippen LogP contribution in [0.4, 0.5) is 0 Å². The van der Waals surface area contributed by atoms with Gasteiger partial charge in [-0.05, 0) is 43.2 Å². The van der Waals surface area contributed by atoms with Crippen LogP contribution in [-0.2, 0) is 10.3 Å². The molecule has 0 saturated heterocycles. The second-order valence-electron chi connectivity index (χ2n) is 8.16. The molecule has 0 fully saturated rings. The monoisotopic (exact) mass is 411 g/mol. The van der Waals surface area contributed by atoms with Gasteiger partial charge in [0.05, 0.1) is 5.56 Å². The highest BCUT2D eigenvalue weighted by Gasteiger charge is 2.47. The molecule has 3 heterocycles. The van der Waals surface area contributed by atoms with E-state index >= 15 is 0 Å². The summed E-state index contributed by atoms with van der Waals surface area (Å²) in [4.78, 5) is 9.17. The standard InChI is InChI=1S/C25H21N3O3/c1-24(2,29)11-10-16-12-20-22(27-14-16)31-21-9-8-18(17-6-4-3-5-7-17)13-19(21)25(20)15-30-23(26)28-25/h3-9,12-14,29H,15H2,1-2H3,(H2,26,28)/t25-/m1/s1. The number of aliphatic imine (C=N–C) groups is 1. The van der Waals surface area contributed by atoms with Crippen molar-refractivity contribution in [2.24, 2.45) is 10.7 Å². The van der Waals surface area contributed by atoms with Crippen LogP contribution in [0.2, 0.25) is 0 Å². The summed E-state index contributed by atoms with van der Waals surface area (Å²) in [6.45, 7) is 3.51. The van der Waals surface area contributed by atoms with Crippen molar-refractivity contribution in [2.45, 2.75) is 25.0 Å². The van der Waals surface area contributed by atoms with Crippen molar-refractivity contribution in [1.29, 1.82) is 0 Å². The van der Waals surface area contributed by atoms with Crippen molar-refractivity contribution >= 4 is 6.02 Å². The maximum atomic E-state index is 9.95. The fraction of sp³-hybridized carbons (Fsp3) is 0.200. The van der Waals surface area contributed by atoms with E-state index in [-0.39, 0.29) is 12.6 Å². The Balaban J connectivity index is 1.69. The van der Waals surface area contributed by atoms with Gasteiger partial charge in [-0.25, -0.2) is 9.98 Å². The number of aromatic nitrogens is 1. The average Bonchev–Trinajstić information content (AvgIpc) is 3.15. The van der Waals surface area contributed by atoms with Crippen LogP contribution in [0.15, 0.2) is 65.8 Å². The molecular formula is C25H21N3O3. The number of fused-ring (bicyclic) bond motifs is 4. The zero-order chi connectivity index (χ0) is 21.6. The lowest BCUT2D eigenvalue weighted by molar-refractivity contribution is 0.143. The molecule has 6 heteroatoms. The van der Waals surface area contributed by atoms with E-state index in [2.05, 4.69) is 35.0 Å². The summed E-state index contributed by atoms with van der Waals surface area (Å²) in [5.41, 5.74) is 8.33. The second-order valence-corrected chi connectivity index (χ2v) is 8.16. The number of nitrogens with two attached hydrogens (primary N) is 1. The molecule has 1 aromatic heterocycles. The van der Waals surface area contributed by atoms with Gasteiger partial charge < -0.3 is 20.3 Å². The van der Waals surface area contributed by atoms with Crippen molar-refractivity contribution in [2.75, 3.05) is 6.61 Å². The van der Waals surface area contributed by atoms with Gasteiger partial charge in [-0.1, -0.05) is 48.2 Å². The largest absolute Gasteiger partial charge is 0.462 e. The van der Waals surface area contributed by atoms with Crippen molar-refractivity contribution in [3.63, 3.8) is 0 Å². The molecule has 1 spiro atoms. The topological polar surface area (TPSA) is 90.0 Å². The zero-order valence-electron chi connectivity index (χ0n) is 17.2. The molecule has 0 saturated carbocycles. The van der Waals surface area contributed by atoms with Gasteiger partial charge in [0, 0.05) is 17.3 Å². The predicted octanol–water partition coefficient (Wildman–Crippen LogP) is 3.57. The van der Waals surface area contributed by atoms with Gasteiger partial charge in [0.2, 0.25) is 5.88 Å². The summed E-state index contributed by atoms with van der Waals surface area (Å²) in [7, 11) is 0. The summed E-state index contributed by atoms with van der Waals surface area (Å²) in [5, 5.41) is 9.95. The van der Waals surface area contributed by atoms with E-state index in [4.69, 9.17) is 20.2 Å². The summed E-state index contributed by atoms with van der Waals surface area (Å²) < 4.78 is 11.7. The molecule has 0 radical (unpaired) electrons. The maximum Gasteiger partial charge on any atom is 0.283 e. The van der Waals surface area contributed by atoms with Crippen LogP contribution < -0.4 is 10.5 Å². The lowest BCUT2D eigenvalue weighted by Crippen LogP contribution is -2.31. The Morgan fingerprint density at radius 1 is 1.06 bits per heavy atom. The zero-order valence-corrected chi connectivity index (χ0v) is 17.2. The van der Waals surface area contributed by atoms with Crippen molar-refractivity contribution < 1.29 is 14.6 Å². The molecule has 2 aliphatic heterocycles. The highest BCUT2D eigenvalue weighted by atomic mass is 16.5. The van der Waals surface area contributed by atoms with Crippen LogP contribution in [-0.4, -0.2) is 28.3 Å². The van der Waals surface area contributed by atoms with Crippen LogP contribution in [0.5, 0.6) is 11.6 Å². The van der Waals surface area contributed by atoms with E-state index in [0.717, 1.165) is 22.3 Å². The first-order chi connectivity index (χ1) is 14.8. The normalized spacial score (nSPS) is 18.7. The molecule has 1 atom stereocenters. The minimum Gasteiger partial charge on any atom is -0.462 e. The molecule has 0 aliphatic carbocycles. The number of nitrogens with zero attached hydrogens (tertiary/aromatic N) is 2. The van der Waals surface area contributed by atoms with Gasteiger partial charge in [-0.2, -0.15) is 0 Å². The van der Waals surface area contributed by atoms with Crippen LogP contribution >= 0.6 is 0 Å². The Hall–Kier alpha value is -3.82.